The molecule has 0 saturated carbocycles. The molecule has 0 aromatic carbocycles. The first-order valence-corrected chi connectivity index (χ1v) is 7.87. The lowest BCUT2D eigenvalue weighted by molar-refractivity contribution is -0.187. The van der Waals surface area contributed by atoms with Gasteiger partial charge in [-0.25, -0.2) is 4.79 Å². The highest BCUT2D eigenvalue weighted by atomic mass is 19.4. The van der Waals surface area contributed by atoms with Gasteiger partial charge in [-0.15, -0.1) is 0 Å². The van der Waals surface area contributed by atoms with E-state index in [1.54, 1.807) is 0 Å². The molecule has 6 nitrogen and oxygen atoms in total. The molecule has 1 atom stereocenters. The van der Waals surface area contributed by atoms with E-state index in [-0.39, 0.29) is 19.6 Å². The van der Waals surface area contributed by atoms with Crippen LogP contribution in [0, 0.1) is 0 Å². The number of halogens is 3. The predicted molar refractivity (Wildman–Crippen MR) is 78.9 cm³/mol. The van der Waals surface area contributed by atoms with E-state index in [9.17, 15) is 27.6 Å². The number of carbonyl (C=O) groups is 3. The molecular formula is C15H23F3N2O4. The summed E-state index contributed by atoms with van der Waals surface area (Å²) in [5.41, 5.74) is -1.39. The fourth-order valence-electron chi connectivity index (χ4n) is 2.38. The number of amides is 2. The molecule has 138 valence electrons. The lowest BCUT2D eigenvalue weighted by Crippen LogP contribution is -2.57. The Morgan fingerprint density at radius 3 is 2.42 bits per heavy atom. The molecule has 9 heteroatoms. The standard InChI is InChI=1S/C15H23F3N2O4/c1-4-5-9-24-13(23)14(2,3)19-11(21)10-7-6-8-20(10)12(22)15(16,17)18/h10H,4-9H2,1-3H3,(H,19,21)/t10-/m0/s1. The molecule has 0 spiro atoms. The van der Waals surface area contributed by atoms with Crippen LogP contribution in [0.4, 0.5) is 13.2 Å². The van der Waals surface area contributed by atoms with Gasteiger partial charge in [0.25, 0.3) is 0 Å². The molecule has 1 heterocycles. The first-order chi connectivity index (χ1) is 11.0. The van der Waals surface area contributed by atoms with E-state index in [4.69, 9.17) is 4.74 Å². The average molecular weight is 352 g/mol. The second-order valence-corrected chi connectivity index (χ2v) is 6.26. The minimum Gasteiger partial charge on any atom is -0.464 e. The third-order valence-electron chi connectivity index (χ3n) is 3.74. The number of hydrogen-bond donors (Lipinski definition) is 1. The van der Waals surface area contributed by atoms with Crippen molar-refractivity contribution in [3.05, 3.63) is 0 Å². The zero-order valence-corrected chi connectivity index (χ0v) is 14.0. The van der Waals surface area contributed by atoms with Crippen LogP contribution in [0.15, 0.2) is 0 Å². The van der Waals surface area contributed by atoms with Gasteiger partial charge < -0.3 is 15.0 Å². The Hall–Kier alpha value is -1.80. The zero-order chi connectivity index (χ0) is 18.5. The molecular weight excluding hydrogens is 329 g/mol. The quantitative estimate of drug-likeness (QED) is 0.584. The maximum Gasteiger partial charge on any atom is 0.471 e. The van der Waals surface area contributed by atoms with Crippen molar-refractivity contribution in [1.29, 1.82) is 0 Å². The number of carbonyl (C=O) groups excluding carboxylic acids is 3. The van der Waals surface area contributed by atoms with E-state index in [0.29, 0.717) is 17.7 Å². The summed E-state index contributed by atoms with van der Waals surface area (Å²) in [5.74, 6) is -3.50. The van der Waals surface area contributed by atoms with Crippen LogP contribution in [0.2, 0.25) is 0 Å². The highest BCUT2D eigenvalue weighted by molar-refractivity contribution is 5.93. The van der Waals surface area contributed by atoms with Crippen molar-refractivity contribution >= 4 is 17.8 Å². The van der Waals surface area contributed by atoms with Gasteiger partial charge in [-0.05, 0) is 33.1 Å². The first-order valence-electron chi connectivity index (χ1n) is 7.87. The summed E-state index contributed by atoms with van der Waals surface area (Å²) in [7, 11) is 0. The number of hydrogen-bond acceptors (Lipinski definition) is 4. The third-order valence-corrected chi connectivity index (χ3v) is 3.74. The topological polar surface area (TPSA) is 75.7 Å². The van der Waals surface area contributed by atoms with Gasteiger partial charge in [0.05, 0.1) is 6.61 Å². The molecule has 0 aliphatic carbocycles. The minimum absolute atomic E-state index is 0.120. The number of ether oxygens (including phenoxy) is 1. The van der Waals surface area contributed by atoms with Crippen LogP contribution in [0.25, 0.3) is 0 Å². The monoisotopic (exact) mass is 352 g/mol. The van der Waals surface area contributed by atoms with Crippen molar-refractivity contribution in [1.82, 2.24) is 10.2 Å². The fourth-order valence-corrected chi connectivity index (χ4v) is 2.38. The predicted octanol–water partition coefficient (Wildman–Crippen LogP) is 1.78. The molecule has 1 aliphatic rings. The Morgan fingerprint density at radius 1 is 1.25 bits per heavy atom. The number of nitrogens with zero attached hydrogens (tertiary/aromatic N) is 1. The largest absolute Gasteiger partial charge is 0.471 e. The van der Waals surface area contributed by atoms with Crippen molar-refractivity contribution in [2.75, 3.05) is 13.2 Å². The van der Waals surface area contributed by atoms with Crippen LogP contribution in [0.5, 0.6) is 0 Å². The fraction of sp³-hybridized carbons (Fsp3) is 0.800. The second kappa shape index (κ2) is 7.85. The van der Waals surface area contributed by atoms with E-state index in [2.05, 4.69) is 5.32 Å². The molecule has 1 rings (SSSR count). The Morgan fingerprint density at radius 2 is 1.88 bits per heavy atom. The van der Waals surface area contributed by atoms with Gasteiger partial charge in [-0.2, -0.15) is 13.2 Å². The second-order valence-electron chi connectivity index (χ2n) is 6.26. The summed E-state index contributed by atoms with van der Waals surface area (Å²) in [5, 5.41) is 2.39. The van der Waals surface area contributed by atoms with E-state index >= 15 is 0 Å². The Balaban J connectivity index is 2.71. The Labute approximate surface area is 138 Å². The van der Waals surface area contributed by atoms with Crippen LogP contribution in [-0.4, -0.2) is 53.6 Å². The van der Waals surface area contributed by atoms with Gasteiger partial charge in [0.2, 0.25) is 5.91 Å². The van der Waals surface area contributed by atoms with Crippen molar-refractivity contribution in [2.24, 2.45) is 0 Å². The van der Waals surface area contributed by atoms with Crippen LogP contribution < -0.4 is 5.32 Å². The Kier molecular flexibility index (Phi) is 6.62. The van der Waals surface area contributed by atoms with Crippen molar-refractivity contribution in [3.8, 4) is 0 Å². The maximum atomic E-state index is 12.6. The van der Waals surface area contributed by atoms with Gasteiger partial charge in [0.15, 0.2) is 0 Å². The smallest absolute Gasteiger partial charge is 0.464 e. The summed E-state index contributed by atoms with van der Waals surface area (Å²) in [6.07, 6.45) is -3.11. The number of esters is 1. The maximum absolute atomic E-state index is 12.6. The average Bonchev–Trinajstić information content (AvgIpc) is 2.94. The molecule has 1 saturated heterocycles. The lowest BCUT2D eigenvalue weighted by Gasteiger charge is -2.29. The Bertz CT molecular complexity index is 492. The van der Waals surface area contributed by atoms with E-state index in [1.807, 2.05) is 6.92 Å². The van der Waals surface area contributed by atoms with E-state index < -0.39 is 35.5 Å². The number of likely N-dealkylation sites (tertiary alicyclic amines) is 1. The highest BCUT2D eigenvalue weighted by Crippen LogP contribution is 2.26. The molecule has 24 heavy (non-hydrogen) atoms. The molecule has 0 aromatic rings. The summed E-state index contributed by atoms with van der Waals surface area (Å²) >= 11 is 0. The summed E-state index contributed by atoms with van der Waals surface area (Å²) in [6, 6.07) is -1.23. The number of rotatable bonds is 6. The molecule has 1 fully saturated rings. The van der Waals surface area contributed by atoms with Gasteiger partial charge in [-0.1, -0.05) is 13.3 Å². The molecule has 1 aliphatic heterocycles. The third kappa shape index (κ3) is 5.10. The number of nitrogens with one attached hydrogen (secondary N) is 1. The normalized spacial score (nSPS) is 18.4. The van der Waals surface area contributed by atoms with Gasteiger partial charge in [-0.3, -0.25) is 9.59 Å². The number of unbranched alkanes of at least 4 members (excludes halogenated alkanes) is 1. The van der Waals surface area contributed by atoms with Crippen LogP contribution >= 0.6 is 0 Å². The van der Waals surface area contributed by atoms with Gasteiger partial charge in [0.1, 0.15) is 11.6 Å². The molecule has 2 amide bonds. The SMILES string of the molecule is CCCCOC(=O)C(C)(C)NC(=O)[C@@H]1CCCN1C(=O)C(F)(F)F. The van der Waals surface area contributed by atoms with Gasteiger partial charge >= 0.3 is 18.1 Å². The van der Waals surface area contributed by atoms with E-state index in [1.165, 1.54) is 13.8 Å². The summed E-state index contributed by atoms with van der Waals surface area (Å²) in [4.78, 5) is 36.1. The molecule has 0 bridgehead atoms. The van der Waals surface area contributed by atoms with Crippen molar-refractivity contribution in [3.63, 3.8) is 0 Å². The van der Waals surface area contributed by atoms with Crippen LogP contribution in [0.1, 0.15) is 46.5 Å². The molecule has 0 aromatic heterocycles. The lowest BCUT2D eigenvalue weighted by atomic mass is 10.0. The van der Waals surface area contributed by atoms with Crippen LogP contribution in [-0.2, 0) is 19.1 Å². The highest BCUT2D eigenvalue weighted by Gasteiger charge is 2.48. The summed E-state index contributed by atoms with van der Waals surface area (Å²) in [6.45, 7) is 4.80. The zero-order valence-electron chi connectivity index (χ0n) is 14.0. The van der Waals surface area contributed by atoms with Crippen LogP contribution in [0.3, 0.4) is 0 Å². The molecule has 0 radical (unpaired) electrons. The first kappa shape index (κ1) is 20.2. The molecule has 1 N–H and O–H groups in total. The molecule has 0 unspecified atom stereocenters. The summed E-state index contributed by atoms with van der Waals surface area (Å²) < 4.78 is 42.8. The minimum atomic E-state index is -5.03. The van der Waals surface area contributed by atoms with Gasteiger partial charge in [0, 0.05) is 6.54 Å². The van der Waals surface area contributed by atoms with Crippen molar-refractivity contribution < 1.29 is 32.3 Å². The number of alkyl halides is 3. The van der Waals surface area contributed by atoms with Crippen molar-refractivity contribution in [2.45, 2.75) is 64.2 Å². The van der Waals surface area contributed by atoms with E-state index in [0.717, 1.165) is 6.42 Å².